The highest BCUT2D eigenvalue weighted by molar-refractivity contribution is 5.90. The summed E-state index contributed by atoms with van der Waals surface area (Å²) < 4.78 is 10.6. The number of aliphatic hydroxyl groups is 1. The number of nitrogens with zero attached hydrogens (tertiary/aromatic N) is 2. The lowest BCUT2D eigenvalue weighted by atomic mass is 10.2. The van der Waals surface area contributed by atoms with Crippen LogP contribution in [0.1, 0.15) is 6.42 Å². The number of ether oxygens (including phenoxy) is 2. The van der Waals surface area contributed by atoms with Crippen molar-refractivity contribution in [2.24, 2.45) is 0 Å². The Balaban J connectivity index is 1.94. The second-order valence-electron chi connectivity index (χ2n) is 5.64. The first-order chi connectivity index (χ1) is 12.7. The van der Waals surface area contributed by atoms with Gasteiger partial charge in [-0.1, -0.05) is 12.1 Å². The number of aromatic nitrogens is 2. The average molecular weight is 354 g/mol. The molecule has 0 fully saturated rings. The van der Waals surface area contributed by atoms with Crippen LogP contribution in [0.25, 0.3) is 10.9 Å². The van der Waals surface area contributed by atoms with Crippen LogP contribution >= 0.6 is 0 Å². The molecular weight excluding hydrogens is 332 g/mol. The van der Waals surface area contributed by atoms with Crippen LogP contribution in [0, 0.1) is 0 Å². The van der Waals surface area contributed by atoms with Gasteiger partial charge in [0.25, 0.3) is 0 Å². The zero-order chi connectivity index (χ0) is 18.4. The number of hydrogen-bond acceptors (Lipinski definition) is 7. The number of methoxy groups -OCH3 is 2. The van der Waals surface area contributed by atoms with Crippen LogP contribution in [0.4, 0.5) is 17.5 Å². The molecule has 3 aromatic rings. The molecule has 0 unspecified atom stereocenters. The van der Waals surface area contributed by atoms with Gasteiger partial charge >= 0.3 is 0 Å². The molecule has 26 heavy (non-hydrogen) atoms. The van der Waals surface area contributed by atoms with Gasteiger partial charge in [0.1, 0.15) is 17.3 Å². The maximum Gasteiger partial charge on any atom is 0.229 e. The minimum absolute atomic E-state index is 0.130. The van der Waals surface area contributed by atoms with Gasteiger partial charge in [-0.05, 0) is 18.6 Å². The van der Waals surface area contributed by atoms with Crippen molar-refractivity contribution >= 4 is 28.4 Å². The minimum atomic E-state index is 0.130. The van der Waals surface area contributed by atoms with Crippen molar-refractivity contribution in [3.05, 3.63) is 42.5 Å². The van der Waals surface area contributed by atoms with Crippen LogP contribution in [-0.4, -0.2) is 42.4 Å². The third-order valence-corrected chi connectivity index (χ3v) is 3.84. The maximum atomic E-state index is 9.00. The first-order valence-electron chi connectivity index (χ1n) is 8.35. The van der Waals surface area contributed by atoms with Gasteiger partial charge in [0.15, 0.2) is 0 Å². The normalized spacial score (nSPS) is 10.6. The van der Waals surface area contributed by atoms with Crippen LogP contribution in [-0.2, 0) is 0 Å². The van der Waals surface area contributed by atoms with Gasteiger partial charge in [0, 0.05) is 42.4 Å². The Morgan fingerprint density at radius 2 is 1.73 bits per heavy atom. The second kappa shape index (κ2) is 8.35. The van der Waals surface area contributed by atoms with Crippen molar-refractivity contribution in [2.75, 3.05) is 38.0 Å². The van der Waals surface area contributed by atoms with Crippen LogP contribution in [0.2, 0.25) is 0 Å². The lowest BCUT2D eigenvalue weighted by Gasteiger charge is -2.13. The Morgan fingerprint density at radius 1 is 1.00 bits per heavy atom. The lowest BCUT2D eigenvalue weighted by molar-refractivity contribution is 0.292. The number of anilines is 3. The maximum absolute atomic E-state index is 9.00. The molecule has 0 bridgehead atoms. The minimum Gasteiger partial charge on any atom is -0.497 e. The van der Waals surface area contributed by atoms with E-state index < -0.39 is 0 Å². The first kappa shape index (κ1) is 17.8. The van der Waals surface area contributed by atoms with E-state index in [0.717, 1.165) is 22.4 Å². The molecule has 1 heterocycles. The van der Waals surface area contributed by atoms with E-state index in [1.54, 1.807) is 20.3 Å². The lowest BCUT2D eigenvalue weighted by Crippen LogP contribution is -2.08. The van der Waals surface area contributed by atoms with Crippen molar-refractivity contribution in [1.82, 2.24) is 9.97 Å². The van der Waals surface area contributed by atoms with Gasteiger partial charge in [-0.15, -0.1) is 0 Å². The highest BCUT2D eigenvalue weighted by atomic mass is 16.5. The molecule has 3 rings (SSSR count). The Kier molecular flexibility index (Phi) is 5.70. The van der Waals surface area contributed by atoms with Crippen LogP contribution in [0.3, 0.4) is 0 Å². The van der Waals surface area contributed by atoms with Crippen LogP contribution in [0.15, 0.2) is 42.5 Å². The molecule has 0 amide bonds. The molecule has 0 aliphatic carbocycles. The van der Waals surface area contributed by atoms with Crippen molar-refractivity contribution < 1.29 is 14.6 Å². The van der Waals surface area contributed by atoms with Gasteiger partial charge in [0.2, 0.25) is 5.95 Å². The van der Waals surface area contributed by atoms with Gasteiger partial charge in [0.05, 0.1) is 19.7 Å². The molecule has 136 valence electrons. The fourth-order valence-corrected chi connectivity index (χ4v) is 2.56. The Hall–Kier alpha value is -3.06. The molecule has 0 atom stereocenters. The zero-order valence-corrected chi connectivity index (χ0v) is 14.8. The van der Waals surface area contributed by atoms with Crippen LogP contribution < -0.4 is 20.1 Å². The predicted molar refractivity (Wildman–Crippen MR) is 103 cm³/mol. The quantitative estimate of drug-likeness (QED) is 0.535. The van der Waals surface area contributed by atoms with Gasteiger partial charge in [-0.2, -0.15) is 4.98 Å². The largest absolute Gasteiger partial charge is 0.497 e. The molecule has 0 radical (unpaired) electrons. The molecule has 0 saturated heterocycles. The van der Waals surface area contributed by atoms with Crippen molar-refractivity contribution in [2.45, 2.75) is 6.42 Å². The van der Waals surface area contributed by atoms with Gasteiger partial charge < -0.3 is 25.2 Å². The number of para-hydroxylation sites is 1. The fourth-order valence-electron chi connectivity index (χ4n) is 2.56. The average Bonchev–Trinajstić information content (AvgIpc) is 2.67. The summed E-state index contributed by atoms with van der Waals surface area (Å²) in [6.45, 7) is 0.759. The van der Waals surface area contributed by atoms with E-state index in [1.165, 1.54) is 0 Å². The van der Waals surface area contributed by atoms with Crippen molar-refractivity contribution in [3.8, 4) is 11.5 Å². The zero-order valence-electron chi connectivity index (χ0n) is 14.8. The molecule has 0 aliphatic heterocycles. The smallest absolute Gasteiger partial charge is 0.229 e. The summed E-state index contributed by atoms with van der Waals surface area (Å²) in [6.07, 6.45) is 0.647. The number of hydrogen-bond donors (Lipinski definition) is 3. The van der Waals surface area contributed by atoms with Gasteiger partial charge in [-0.3, -0.25) is 0 Å². The topological polar surface area (TPSA) is 88.5 Å². The molecule has 1 aromatic heterocycles. The third kappa shape index (κ3) is 4.12. The summed E-state index contributed by atoms with van der Waals surface area (Å²) in [5.41, 5.74) is 1.59. The van der Waals surface area contributed by atoms with E-state index in [2.05, 4.69) is 20.6 Å². The van der Waals surface area contributed by atoms with Crippen molar-refractivity contribution in [3.63, 3.8) is 0 Å². The van der Waals surface area contributed by atoms with Gasteiger partial charge in [-0.25, -0.2) is 4.98 Å². The Labute approximate surface area is 152 Å². The molecular formula is C19H22N4O3. The summed E-state index contributed by atoms with van der Waals surface area (Å²) >= 11 is 0. The molecule has 7 nitrogen and oxygen atoms in total. The summed E-state index contributed by atoms with van der Waals surface area (Å²) in [6, 6.07) is 13.3. The second-order valence-corrected chi connectivity index (χ2v) is 5.64. The van der Waals surface area contributed by atoms with E-state index >= 15 is 0 Å². The van der Waals surface area contributed by atoms with E-state index in [0.29, 0.717) is 30.4 Å². The Bertz CT molecular complexity index is 864. The van der Waals surface area contributed by atoms with E-state index in [4.69, 9.17) is 14.6 Å². The number of aliphatic hydroxyl groups excluding tert-OH is 1. The van der Waals surface area contributed by atoms with Crippen molar-refractivity contribution in [1.29, 1.82) is 0 Å². The van der Waals surface area contributed by atoms with E-state index in [9.17, 15) is 0 Å². The number of nitrogens with one attached hydrogen (secondary N) is 2. The standard InChI is InChI=1S/C19H22N4O3/c1-25-14-10-13(11-15(12-14)26-2)21-19-22-17-7-4-3-6-16(17)18(23-19)20-8-5-9-24/h3-4,6-7,10-12,24H,5,8-9H2,1-2H3,(H2,20,21,22,23). The molecule has 0 spiro atoms. The Morgan fingerprint density at radius 3 is 2.42 bits per heavy atom. The van der Waals surface area contributed by atoms with E-state index in [-0.39, 0.29) is 6.61 Å². The summed E-state index contributed by atoms with van der Waals surface area (Å²) in [4.78, 5) is 9.16. The first-order valence-corrected chi connectivity index (χ1v) is 8.35. The molecule has 0 aliphatic rings. The summed E-state index contributed by atoms with van der Waals surface area (Å²) in [5, 5.41) is 16.4. The van der Waals surface area contributed by atoms with Crippen LogP contribution in [0.5, 0.6) is 11.5 Å². The monoisotopic (exact) mass is 354 g/mol. The molecule has 2 aromatic carbocycles. The molecule has 3 N–H and O–H groups in total. The predicted octanol–water partition coefficient (Wildman–Crippen LogP) is 3.18. The number of fused-ring (bicyclic) bond motifs is 1. The fraction of sp³-hybridized carbons (Fsp3) is 0.263. The highest BCUT2D eigenvalue weighted by Crippen LogP contribution is 2.28. The van der Waals surface area contributed by atoms with E-state index in [1.807, 2.05) is 36.4 Å². The summed E-state index contributed by atoms with van der Waals surface area (Å²) in [7, 11) is 3.21. The summed E-state index contributed by atoms with van der Waals surface area (Å²) in [5.74, 6) is 2.54. The molecule has 7 heteroatoms. The highest BCUT2D eigenvalue weighted by Gasteiger charge is 2.09. The SMILES string of the molecule is COc1cc(Nc2nc(NCCCO)c3ccccc3n2)cc(OC)c1. The number of rotatable bonds is 8. The molecule has 0 saturated carbocycles. The third-order valence-electron chi connectivity index (χ3n) is 3.84. The number of benzene rings is 2.